The van der Waals surface area contributed by atoms with Crippen molar-refractivity contribution in [1.29, 1.82) is 0 Å². The average molecular weight is 457 g/mol. The number of hydrogen-bond acceptors (Lipinski definition) is 3. The van der Waals surface area contributed by atoms with Crippen molar-refractivity contribution < 1.29 is 18.4 Å². The summed E-state index contributed by atoms with van der Waals surface area (Å²) < 4.78 is 29.1. The monoisotopic (exact) mass is 457 g/mol. The van der Waals surface area contributed by atoms with E-state index in [9.17, 15) is 18.4 Å². The molecule has 1 atom stereocenters. The number of hydrogen-bond donors (Lipinski definition) is 1. The van der Waals surface area contributed by atoms with Crippen LogP contribution in [-0.2, 0) is 6.42 Å². The van der Waals surface area contributed by atoms with Crippen LogP contribution in [0.4, 0.5) is 8.78 Å². The number of aromatic nitrogens is 2. The molecule has 0 saturated carbocycles. The molecule has 0 bridgehead atoms. The van der Waals surface area contributed by atoms with Crippen LogP contribution in [-0.4, -0.2) is 21.5 Å². The van der Waals surface area contributed by atoms with E-state index in [-0.39, 0.29) is 23.4 Å². The molecule has 0 aliphatic heterocycles. The van der Waals surface area contributed by atoms with Crippen molar-refractivity contribution in [3.8, 4) is 5.69 Å². The molecular formula is C27H21F2N3O2. The third kappa shape index (κ3) is 4.12. The molecule has 3 aromatic carbocycles. The second-order valence-corrected chi connectivity index (χ2v) is 8.24. The second kappa shape index (κ2) is 9.02. The first kappa shape index (κ1) is 21.7. The molecule has 5 nitrogen and oxygen atoms in total. The van der Waals surface area contributed by atoms with Crippen molar-refractivity contribution in [1.82, 2.24) is 15.1 Å². The zero-order valence-electron chi connectivity index (χ0n) is 18.2. The van der Waals surface area contributed by atoms with Gasteiger partial charge in [-0.25, -0.2) is 13.5 Å². The molecule has 0 saturated heterocycles. The highest BCUT2D eigenvalue weighted by Crippen LogP contribution is 2.32. The van der Waals surface area contributed by atoms with E-state index in [4.69, 9.17) is 0 Å². The molecule has 1 aliphatic carbocycles. The Bertz CT molecular complexity index is 1360. The molecule has 7 heteroatoms. The Balaban J connectivity index is 1.34. The van der Waals surface area contributed by atoms with Crippen LogP contribution in [0.3, 0.4) is 0 Å². The molecule has 170 valence electrons. The second-order valence-electron chi connectivity index (χ2n) is 8.24. The fraction of sp³-hybridized carbons (Fsp3) is 0.148. The number of ketones is 1. The Kier molecular flexibility index (Phi) is 5.76. The van der Waals surface area contributed by atoms with E-state index in [0.717, 1.165) is 30.2 Å². The van der Waals surface area contributed by atoms with E-state index in [2.05, 4.69) is 10.4 Å². The molecule has 1 aliphatic rings. The van der Waals surface area contributed by atoms with Crippen LogP contribution in [0.25, 0.3) is 5.69 Å². The third-order valence-electron chi connectivity index (χ3n) is 6.07. The highest BCUT2D eigenvalue weighted by atomic mass is 19.1. The predicted molar refractivity (Wildman–Crippen MR) is 123 cm³/mol. The number of nitrogens with one attached hydrogen (secondary N) is 1. The summed E-state index contributed by atoms with van der Waals surface area (Å²) >= 11 is 0. The van der Waals surface area contributed by atoms with Gasteiger partial charge >= 0.3 is 0 Å². The fourth-order valence-electron chi connectivity index (χ4n) is 4.34. The zero-order chi connectivity index (χ0) is 23.7. The SMILES string of the molecule is O=C(NC1CCCc2c1cnn2-c1ccc(F)cc1F)c1ccc(C(=O)c2ccccc2)cc1. The number of carbonyl (C=O) groups is 2. The summed E-state index contributed by atoms with van der Waals surface area (Å²) in [6.45, 7) is 0. The lowest BCUT2D eigenvalue weighted by molar-refractivity contribution is 0.0931. The van der Waals surface area contributed by atoms with Gasteiger partial charge in [0.1, 0.15) is 11.5 Å². The molecule has 4 aromatic rings. The number of carbonyl (C=O) groups excluding carboxylic acids is 2. The molecule has 1 aromatic heterocycles. The summed E-state index contributed by atoms with van der Waals surface area (Å²) in [5, 5.41) is 7.34. The standard InChI is InChI=1S/C27H21F2N3O2/c28-20-13-14-25(22(29)15-20)32-24-8-4-7-23(21(24)16-30-32)31-27(34)19-11-9-18(10-12-19)26(33)17-5-2-1-3-6-17/h1-3,5-6,9-16,23H,4,7-8H2,(H,31,34). The minimum atomic E-state index is -0.692. The van der Waals surface area contributed by atoms with Crippen LogP contribution in [0.2, 0.25) is 0 Å². The van der Waals surface area contributed by atoms with E-state index in [1.54, 1.807) is 54.7 Å². The third-order valence-corrected chi connectivity index (χ3v) is 6.07. The van der Waals surface area contributed by atoms with Gasteiger partial charge in [-0.2, -0.15) is 5.10 Å². The summed E-state index contributed by atoms with van der Waals surface area (Å²) in [5.41, 5.74) is 3.32. The molecule has 1 heterocycles. The summed E-state index contributed by atoms with van der Waals surface area (Å²) in [4.78, 5) is 25.5. The number of amides is 1. The van der Waals surface area contributed by atoms with Gasteiger partial charge in [0.2, 0.25) is 0 Å². The molecule has 1 unspecified atom stereocenters. The topological polar surface area (TPSA) is 64.0 Å². The van der Waals surface area contributed by atoms with E-state index in [0.29, 0.717) is 23.1 Å². The van der Waals surface area contributed by atoms with Crippen LogP contribution in [0, 0.1) is 11.6 Å². The minimum absolute atomic E-state index is 0.107. The zero-order valence-corrected chi connectivity index (χ0v) is 18.2. The maximum atomic E-state index is 14.3. The van der Waals surface area contributed by atoms with Gasteiger partial charge in [-0.3, -0.25) is 9.59 Å². The van der Waals surface area contributed by atoms with Gasteiger partial charge in [0.25, 0.3) is 5.91 Å². The van der Waals surface area contributed by atoms with Crippen molar-refractivity contribution >= 4 is 11.7 Å². The van der Waals surface area contributed by atoms with Gasteiger partial charge in [-0.05, 0) is 43.5 Å². The Labute approximate surface area is 195 Å². The smallest absolute Gasteiger partial charge is 0.251 e. The van der Waals surface area contributed by atoms with Gasteiger partial charge < -0.3 is 5.32 Å². The first-order valence-corrected chi connectivity index (χ1v) is 11.0. The lowest BCUT2D eigenvalue weighted by Crippen LogP contribution is -2.31. The Morgan fingerprint density at radius 3 is 2.35 bits per heavy atom. The molecule has 0 fully saturated rings. The number of nitrogens with zero attached hydrogens (tertiary/aromatic N) is 2. The summed E-state index contributed by atoms with van der Waals surface area (Å²) in [7, 11) is 0. The van der Waals surface area contributed by atoms with Crippen LogP contribution in [0.15, 0.2) is 79.0 Å². The number of benzene rings is 3. The summed E-state index contributed by atoms with van der Waals surface area (Å²) in [5.74, 6) is -1.71. The van der Waals surface area contributed by atoms with Crippen LogP contribution < -0.4 is 5.32 Å². The molecular weight excluding hydrogens is 436 g/mol. The van der Waals surface area contributed by atoms with Gasteiger partial charge in [0.15, 0.2) is 11.6 Å². The number of rotatable bonds is 5. The van der Waals surface area contributed by atoms with Crippen LogP contribution in [0.5, 0.6) is 0 Å². The lowest BCUT2D eigenvalue weighted by atomic mass is 9.92. The fourth-order valence-corrected chi connectivity index (χ4v) is 4.34. The van der Waals surface area contributed by atoms with Gasteiger partial charge in [-0.15, -0.1) is 0 Å². The molecule has 5 rings (SSSR count). The van der Waals surface area contributed by atoms with Crippen molar-refractivity contribution in [2.24, 2.45) is 0 Å². The molecule has 1 amide bonds. The molecule has 34 heavy (non-hydrogen) atoms. The molecule has 0 spiro atoms. The largest absolute Gasteiger partial charge is 0.345 e. The van der Waals surface area contributed by atoms with Crippen molar-refractivity contribution in [2.75, 3.05) is 0 Å². The van der Waals surface area contributed by atoms with Gasteiger partial charge in [-0.1, -0.05) is 42.5 Å². The average Bonchev–Trinajstić information content (AvgIpc) is 3.29. The molecule has 0 radical (unpaired) electrons. The summed E-state index contributed by atoms with van der Waals surface area (Å²) in [6.07, 6.45) is 3.82. The maximum Gasteiger partial charge on any atom is 0.251 e. The van der Waals surface area contributed by atoms with E-state index in [1.807, 2.05) is 6.07 Å². The van der Waals surface area contributed by atoms with Crippen molar-refractivity contribution in [3.63, 3.8) is 0 Å². The van der Waals surface area contributed by atoms with Crippen molar-refractivity contribution in [3.05, 3.63) is 119 Å². The molecule has 1 N–H and O–H groups in total. The highest BCUT2D eigenvalue weighted by molar-refractivity contribution is 6.09. The Morgan fingerprint density at radius 2 is 1.62 bits per heavy atom. The van der Waals surface area contributed by atoms with Crippen molar-refractivity contribution in [2.45, 2.75) is 25.3 Å². The first-order valence-electron chi connectivity index (χ1n) is 11.0. The summed E-state index contributed by atoms with van der Waals surface area (Å²) in [6, 6.07) is 18.6. The quantitative estimate of drug-likeness (QED) is 0.420. The Morgan fingerprint density at radius 1 is 0.912 bits per heavy atom. The Hall–Kier alpha value is -4.13. The number of halogens is 2. The van der Waals surface area contributed by atoms with E-state index in [1.165, 1.54) is 16.8 Å². The van der Waals surface area contributed by atoms with Gasteiger partial charge in [0.05, 0.1) is 12.2 Å². The first-order chi connectivity index (χ1) is 16.5. The maximum absolute atomic E-state index is 14.3. The highest BCUT2D eigenvalue weighted by Gasteiger charge is 2.27. The van der Waals surface area contributed by atoms with Gasteiger partial charge in [0, 0.05) is 34.0 Å². The lowest BCUT2D eigenvalue weighted by Gasteiger charge is -2.24. The van der Waals surface area contributed by atoms with E-state index < -0.39 is 11.6 Å². The normalized spacial score (nSPS) is 14.9. The van der Waals surface area contributed by atoms with E-state index >= 15 is 0 Å². The number of fused-ring (bicyclic) bond motifs is 1. The van der Waals surface area contributed by atoms with Crippen LogP contribution in [0.1, 0.15) is 56.4 Å². The van der Waals surface area contributed by atoms with Crippen LogP contribution >= 0.6 is 0 Å². The minimum Gasteiger partial charge on any atom is -0.345 e. The predicted octanol–water partition coefficient (Wildman–Crippen LogP) is 5.19.